The van der Waals surface area contributed by atoms with Crippen molar-refractivity contribution in [1.82, 2.24) is 10.3 Å². The van der Waals surface area contributed by atoms with Gasteiger partial charge in [0.2, 0.25) is 11.8 Å². The maximum Gasteiger partial charge on any atom is 0.267 e. The van der Waals surface area contributed by atoms with Crippen LogP contribution in [-0.2, 0) is 13.2 Å². The van der Waals surface area contributed by atoms with Crippen LogP contribution in [0.4, 0.5) is 20.2 Å². The Labute approximate surface area is 260 Å². The van der Waals surface area contributed by atoms with Crippen molar-refractivity contribution in [2.24, 2.45) is 0 Å². The molecular formula is C36H43F2N3O3. The van der Waals surface area contributed by atoms with Crippen LogP contribution in [-0.4, -0.2) is 37.1 Å². The monoisotopic (exact) mass is 603 g/mol. The third kappa shape index (κ3) is 7.85. The van der Waals surface area contributed by atoms with Crippen molar-refractivity contribution in [1.29, 1.82) is 0 Å². The highest BCUT2D eigenvalue weighted by Crippen LogP contribution is 2.48. The number of halogens is 2. The first kappa shape index (κ1) is 32.7. The molecule has 1 unspecified atom stereocenters. The number of aromatic nitrogens is 1. The zero-order valence-electron chi connectivity index (χ0n) is 26.1. The van der Waals surface area contributed by atoms with Crippen LogP contribution in [0.25, 0.3) is 0 Å². The summed E-state index contributed by atoms with van der Waals surface area (Å²) in [4.78, 5) is 6.77. The van der Waals surface area contributed by atoms with Gasteiger partial charge in [0.1, 0.15) is 31.3 Å². The van der Waals surface area contributed by atoms with Crippen LogP contribution >= 0.6 is 0 Å². The van der Waals surface area contributed by atoms with Gasteiger partial charge in [0.25, 0.3) is 5.92 Å². The molecule has 4 aromatic rings. The smallest absolute Gasteiger partial charge is 0.267 e. The van der Waals surface area contributed by atoms with E-state index in [0.29, 0.717) is 62.4 Å². The number of rotatable bonds is 8. The van der Waals surface area contributed by atoms with Gasteiger partial charge in [-0.15, -0.1) is 0 Å². The molecule has 3 heterocycles. The predicted octanol–water partition coefficient (Wildman–Crippen LogP) is 8.53. The number of alkyl halides is 2. The molecule has 2 aliphatic heterocycles. The molecule has 1 saturated heterocycles. The average Bonchev–Trinajstić information content (AvgIpc) is 3.08. The third-order valence-corrected chi connectivity index (χ3v) is 7.29. The minimum absolute atomic E-state index is 0.321. The maximum atomic E-state index is 14.9. The van der Waals surface area contributed by atoms with Crippen LogP contribution in [0, 0.1) is 0 Å². The number of anilines is 2. The Morgan fingerprint density at radius 1 is 0.818 bits per heavy atom. The second kappa shape index (κ2) is 16.1. The molecule has 44 heavy (non-hydrogen) atoms. The fourth-order valence-corrected chi connectivity index (χ4v) is 5.28. The Bertz CT molecular complexity index is 1440. The number of ether oxygens (including phenoxy) is 3. The van der Waals surface area contributed by atoms with Crippen LogP contribution in [0.15, 0.2) is 91.0 Å². The average molecular weight is 604 g/mol. The minimum atomic E-state index is -2.86. The molecule has 234 valence electrons. The fourth-order valence-electron chi connectivity index (χ4n) is 5.28. The van der Waals surface area contributed by atoms with Gasteiger partial charge in [-0.3, -0.25) is 0 Å². The van der Waals surface area contributed by atoms with Gasteiger partial charge in [0.05, 0.1) is 24.7 Å². The van der Waals surface area contributed by atoms with Crippen LogP contribution in [0.2, 0.25) is 0 Å². The molecule has 8 heteroatoms. The van der Waals surface area contributed by atoms with E-state index in [-0.39, 0.29) is 6.54 Å². The molecule has 0 saturated carbocycles. The van der Waals surface area contributed by atoms with Gasteiger partial charge in [-0.25, -0.2) is 8.78 Å². The van der Waals surface area contributed by atoms with Gasteiger partial charge < -0.3 is 24.4 Å². The van der Waals surface area contributed by atoms with Crippen LogP contribution < -0.4 is 24.4 Å². The number of piperidine rings is 1. The number of nitrogens with one attached hydrogen (secondary N) is 1. The fraction of sp³-hybridized carbons (Fsp3) is 0.361. The Morgan fingerprint density at radius 3 is 2.14 bits per heavy atom. The second-order valence-corrected chi connectivity index (χ2v) is 10.00. The maximum absolute atomic E-state index is 14.9. The van der Waals surface area contributed by atoms with E-state index in [4.69, 9.17) is 19.2 Å². The molecule has 2 aliphatic rings. The van der Waals surface area contributed by atoms with Gasteiger partial charge in [0.15, 0.2) is 0 Å². The lowest BCUT2D eigenvalue weighted by atomic mass is 9.86. The molecule has 0 bridgehead atoms. The van der Waals surface area contributed by atoms with Crippen molar-refractivity contribution in [3.8, 4) is 17.5 Å². The molecule has 1 fully saturated rings. The van der Waals surface area contributed by atoms with E-state index in [1.165, 1.54) is 0 Å². The molecular weight excluding hydrogens is 560 g/mol. The van der Waals surface area contributed by atoms with Crippen molar-refractivity contribution < 1.29 is 23.0 Å². The number of hydrogen-bond donors (Lipinski definition) is 1. The molecule has 1 atom stereocenters. The molecule has 6 rings (SSSR count). The highest BCUT2D eigenvalue weighted by atomic mass is 19.3. The molecule has 1 aromatic heterocycles. The van der Waals surface area contributed by atoms with Gasteiger partial charge in [-0.2, -0.15) is 4.98 Å². The Morgan fingerprint density at radius 2 is 1.48 bits per heavy atom. The lowest BCUT2D eigenvalue weighted by Crippen LogP contribution is -2.45. The van der Waals surface area contributed by atoms with Gasteiger partial charge >= 0.3 is 0 Å². The summed E-state index contributed by atoms with van der Waals surface area (Å²) < 4.78 is 48.2. The third-order valence-electron chi connectivity index (χ3n) is 7.29. The molecule has 0 spiro atoms. The lowest BCUT2D eigenvalue weighted by molar-refractivity contribution is -0.0427. The topological polar surface area (TPSA) is 55.9 Å². The molecule has 0 amide bonds. The number of benzene rings is 3. The van der Waals surface area contributed by atoms with Crippen LogP contribution in [0.3, 0.4) is 0 Å². The number of para-hydroxylation sites is 1. The standard InChI is InChI=1S/C32H31F2N3O3.2C2H6/c33-32(34)22-35-17-16-26(32)25-12-7-13-27-30(25)38-19-18-37(27)28-14-15-29(39-20-23-8-3-1-4-9-23)36-31(28)40-21-24-10-5-2-6-11-24;2*1-2/h1-15,26,35H,16-22H2;2*1-2H3. The van der Waals surface area contributed by atoms with E-state index in [1.54, 1.807) is 6.07 Å². The zero-order valence-corrected chi connectivity index (χ0v) is 26.1. The summed E-state index contributed by atoms with van der Waals surface area (Å²) in [6, 6.07) is 29.0. The highest BCUT2D eigenvalue weighted by molar-refractivity contribution is 5.75. The van der Waals surface area contributed by atoms with Gasteiger partial charge in [0, 0.05) is 11.6 Å². The second-order valence-electron chi connectivity index (χ2n) is 10.00. The first-order valence-corrected chi connectivity index (χ1v) is 15.5. The van der Waals surface area contributed by atoms with Gasteiger partial charge in [-0.05, 0) is 36.2 Å². The number of nitrogens with zero attached hydrogens (tertiary/aromatic N) is 2. The first-order chi connectivity index (χ1) is 21.6. The molecule has 6 nitrogen and oxygen atoms in total. The first-order valence-electron chi connectivity index (χ1n) is 15.5. The quantitative estimate of drug-likeness (QED) is 0.218. The molecule has 0 aliphatic carbocycles. The van der Waals surface area contributed by atoms with E-state index >= 15 is 0 Å². The molecule has 3 aromatic carbocycles. The predicted molar refractivity (Wildman–Crippen MR) is 173 cm³/mol. The number of hydrogen-bond acceptors (Lipinski definition) is 6. The van der Waals surface area contributed by atoms with Crippen molar-refractivity contribution in [2.45, 2.75) is 59.2 Å². The summed E-state index contributed by atoms with van der Waals surface area (Å²) in [6.07, 6.45) is 0.341. The summed E-state index contributed by atoms with van der Waals surface area (Å²) in [5.74, 6) is -2.43. The number of fused-ring (bicyclic) bond motifs is 1. The summed E-state index contributed by atoms with van der Waals surface area (Å²) in [7, 11) is 0. The lowest BCUT2D eigenvalue weighted by Gasteiger charge is -2.37. The minimum Gasteiger partial charge on any atom is -0.489 e. The van der Waals surface area contributed by atoms with E-state index in [0.717, 1.165) is 22.5 Å². The highest BCUT2D eigenvalue weighted by Gasteiger charge is 2.44. The summed E-state index contributed by atoms with van der Waals surface area (Å²) in [5, 5.41) is 2.81. The van der Waals surface area contributed by atoms with Crippen molar-refractivity contribution >= 4 is 11.4 Å². The zero-order chi connectivity index (χ0) is 31.4. The van der Waals surface area contributed by atoms with E-state index in [9.17, 15) is 8.78 Å². The van der Waals surface area contributed by atoms with E-state index in [2.05, 4.69) is 5.32 Å². The van der Waals surface area contributed by atoms with Crippen molar-refractivity contribution in [3.05, 3.63) is 108 Å². The van der Waals surface area contributed by atoms with Crippen LogP contribution in [0.5, 0.6) is 17.5 Å². The Balaban J connectivity index is 0.00000106. The molecule has 0 radical (unpaired) electrons. The normalized spacial score (nSPS) is 16.6. The van der Waals surface area contributed by atoms with Crippen molar-refractivity contribution in [3.63, 3.8) is 0 Å². The van der Waals surface area contributed by atoms with E-state index < -0.39 is 11.8 Å². The van der Waals surface area contributed by atoms with Gasteiger partial charge in [-0.1, -0.05) is 100 Å². The summed E-state index contributed by atoms with van der Waals surface area (Å²) in [6.45, 7) is 9.77. The SMILES string of the molecule is CC.CC.FC1(F)CNCCC1c1cccc2c1OCCN2c1ccc(OCc2ccccc2)nc1OCc1ccccc1. The Hall–Kier alpha value is -4.17. The van der Waals surface area contributed by atoms with Crippen LogP contribution in [0.1, 0.15) is 56.7 Å². The number of pyridine rings is 1. The van der Waals surface area contributed by atoms with E-state index in [1.807, 2.05) is 118 Å². The largest absolute Gasteiger partial charge is 0.489 e. The Kier molecular flexibility index (Phi) is 11.9. The molecule has 1 N–H and O–H groups in total. The summed E-state index contributed by atoms with van der Waals surface area (Å²) >= 11 is 0. The van der Waals surface area contributed by atoms with Crippen molar-refractivity contribution in [2.75, 3.05) is 31.1 Å². The summed E-state index contributed by atoms with van der Waals surface area (Å²) in [5.41, 5.74) is 4.02.